The van der Waals surface area contributed by atoms with E-state index in [0.29, 0.717) is 45.3 Å². The third-order valence-corrected chi connectivity index (χ3v) is 4.96. The maximum absolute atomic E-state index is 14.0. The van der Waals surface area contributed by atoms with E-state index in [4.69, 9.17) is 9.26 Å². The molecule has 0 spiro atoms. The first-order chi connectivity index (χ1) is 11.2. The van der Waals surface area contributed by atoms with Crippen LogP contribution >= 0.6 is 0 Å². The standard InChI is InChI=1S/C16H22FN3O3/c17-13-7-14(16(21)19-3-5-22-6-4-19)20(10-13)9-12-8-18-23-15(12)11-1-2-11/h8,11,13-14H,1-7,9-10H2/t13-,14+/m1/s1. The van der Waals surface area contributed by atoms with Crippen molar-refractivity contribution in [3.63, 3.8) is 0 Å². The average Bonchev–Trinajstić information content (AvgIpc) is 3.20. The Morgan fingerprint density at radius 1 is 1.35 bits per heavy atom. The predicted molar refractivity (Wildman–Crippen MR) is 79.6 cm³/mol. The quantitative estimate of drug-likeness (QED) is 0.836. The van der Waals surface area contributed by atoms with Crippen LogP contribution in [0.15, 0.2) is 10.7 Å². The molecular weight excluding hydrogens is 301 g/mol. The number of nitrogens with zero attached hydrogens (tertiary/aromatic N) is 3. The minimum Gasteiger partial charge on any atom is -0.378 e. The molecule has 2 aliphatic heterocycles. The van der Waals surface area contributed by atoms with Gasteiger partial charge in [-0.25, -0.2) is 4.39 Å². The molecule has 6 nitrogen and oxygen atoms in total. The Morgan fingerprint density at radius 2 is 2.13 bits per heavy atom. The maximum atomic E-state index is 14.0. The third-order valence-electron chi connectivity index (χ3n) is 4.96. The lowest BCUT2D eigenvalue weighted by Crippen LogP contribution is -2.49. The van der Waals surface area contributed by atoms with Gasteiger partial charge in [-0.1, -0.05) is 5.16 Å². The molecule has 1 saturated carbocycles. The summed E-state index contributed by atoms with van der Waals surface area (Å²) < 4.78 is 24.6. The lowest BCUT2D eigenvalue weighted by atomic mass is 10.1. The van der Waals surface area contributed by atoms with Gasteiger partial charge in [-0.15, -0.1) is 0 Å². The number of morpholine rings is 1. The van der Waals surface area contributed by atoms with Crippen LogP contribution in [0.1, 0.15) is 36.5 Å². The second-order valence-electron chi connectivity index (χ2n) is 6.71. The van der Waals surface area contributed by atoms with E-state index in [9.17, 15) is 9.18 Å². The molecule has 23 heavy (non-hydrogen) atoms. The lowest BCUT2D eigenvalue weighted by molar-refractivity contribution is -0.140. The summed E-state index contributed by atoms with van der Waals surface area (Å²) in [5, 5.41) is 3.90. The minimum atomic E-state index is -0.950. The predicted octanol–water partition coefficient (Wildman–Crippen LogP) is 1.32. The highest BCUT2D eigenvalue weighted by atomic mass is 19.1. The van der Waals surface area contributed by atoms with E-state index >= 15 is 0 Å². The van der Waals surface area contributed by atoms with E-state index in [0.717, 1.165) is 24.2 Å². The van der Waals surface area contributed by atoms with Crippen molar-refractivity contribution in [2.24, 2.45) is 0 Å². The first kappa shape index (κ1) is 15.1. The zero-order chi connectivity index (χ0) is 15.8. The fourth-order valence-corrected chi connectivity index (χ4v) is 3.56. The first-order valence-electron chi connectivity index (χ1n) is 8.40. The van der Waals surface area contributed by atoms with Crippen molar-refractivity contribution < 1.29 is 18.4 Å². The first-order valence-corrected chi connectivity index (χ1v) is 8.40. The molecule has 0 unspecified atom stereocenters. The summed E-state index contributed by atoms with van der Waals surface area (Å²) in [6.45, 7) is 3.16. The van der Waals surface area contributed by atoms with Gasteiger partial charge in [0.25, 0.3) is 0 Å². The molecule has 7 heteroatoms. The lowest BCUT2D eigenvalue weighted by Gasteiger charge is -2.32. The SMILES string of the molecule is O=C([C@@H]1C[C@@H](F)CN1Cc1cnoc1C1CC1)N1CCOCC1. The molecule has 4 rings (SSSR count). The number of alkyl halides is 1. The zero-order valence-corrected chi connectivity index (χ0v) is 13.1. The molecule has 0 bridgehead atoms. The van der Waals surface area contributed by atoms with Crippen LogP contribution in [0.4, 0.5) is 4.39 Å². The normalized spacial score (nSPS) is 29.2. The van der Waals surface area contributed by atoms with Crippen molar-refractivity contribution in [2.45, 2.75) is 43.9 Å². The molecule has 1 aromatic rings. The Balaban J connectivity index is 1.47. The minimum absolute atomic E-state index is 0.0258. The van der Waals surface area contributed by atoms with Crippen molar-refractivity contribution in [3.05, 3.63) is 17.5 Å². The summed E-state index contributed by atoms with van der Waals surface area (Å²) >= 11 is 0. The molecule has 1 aliphatic carbocycles. The molecule has 3 aliphatic rings. The van der Waals surface area contributed by atoms with Gasteiger partial charge < -0.3 is 14.2 Å². The van der Waals surface area contributed by atoms with E-state index in [1.54, 1.807) is 11.1 Å². The van der Waals surface area contributed by atoms with Crippen LogP contribution in [0.3, 0.4) is 0 Å². The van der Waals surface area contributed by atoms with Crippen molar-refractivity contribution in [2.75, 3.05) is 32.8 Å². The molecule has 2 saturated heterocycles. The summed E-state index contributed by atoms with van der Waals surface area (Å²) in [5.41, 5.74) is 1.00. The zero-order valence-electron chi connectivity index (χ0n) is 13.1. The van der Waals surface area contributed by atoms with Crippen molar-refractivity contribution in [3.8, 4) is 0 Å². The van der Waals surface area contributed by atoms with E-state index in [1.165, 1.54) is 0 Å². The molecule has 0 aromatic carbocycles. The Kier molecular flexibility index (Phi) is 4.07. The smallest absolute Gasteiger partial charge is 0.240 e. The van der Waals surface area contributed by atoms with Gasteiger partial charge in [0.1, 0.15) is 11.9 Å². The van der Waals surface area contributed by atoms with Crippen LogP contribution in [-0.2, 0) is 16.1 Å². The highest BCUT2D eigenvalue weighted by molar-refractivity contribution is 5.82. The van der Waals surface area contributed by atoms with Crippen LogP contribution < -0.4 is 0 Å². The van der Waals surface area contributed by atoms with Gasteiger partial charge in [0.05, 0.1) is 25.5 Å². The van der Waals surface area contributed by atoms with Crippen LogP contribution in [0.2, 0.25) is 0 Å². The second kappa shape index (κ2) is 6.20. The van der Waals surface area contributed by atoms with Crippen molar-refractivity contribution in [1.82, 2.24) is 15.0 Å². The molecule has 0 radical (unpaired) electrons. The summed E-state index contributed by atoms with van der Waals surface area (Å²) in [6.07, 6.45) is 3.30. The molecule has 126 valence electrons. The van der Waals surface area contributed by atoms with Gasteiger partial charge in [0.2, 0.25) is 5.91 Å². The Bertz CT molecular complexity index is 569. The molecule has 1 amide bonds. The number of hydrogen-bond acceptors (Lipinski definition) is 5. The van der Waals surface area contributed by atoms with E-state index < -0.39 is 6.17 Å². The largest absolute Gasteiger partial charge is 0.378 e. The van der Waals surface area contributed by atoms with Crippen LogP contribution in [0.25, 0.3) is 0 Å². The number of halogens is 1. The van der Waals surface area contributed by atoms with Crippen LogP contribution in [-0.4, -0.2) is 65.9 Å². The van der Waals surface area contributed by atoms with Gasteiger partial charge in [0.15, 0.2) is 0 Å². The number of likely N-dealkylation sites (tertiary alicyclic amines) is 1. The Hall–Kier alpha value is -1.47. The topological polar surface area (TPSA) is 58.8 Å². The van der Waals surface area contributed by atoms with Gasteiger partial charge in [-0.05, 0) is 12.8 Å². The van der Waals surface area contributed by atoms with E-state index in [1.807, 2.05) is 4.90 Å². The third kappa shape index (κ3) is 3.12. The summed E-state index contributed by atoms with van der Waals surface area (Å²) in [5.74, 6) is 1.41. The highest BCUT2D eigenvalue weighted by Crippen LogP contribution is 2.42. The number of rotatable bonds is 4. The molecule has 3 heterocycles. The van der Waals surface area contributed by atoms with E-state index in [-0.39, 0.29) is 18.4 Å². The molecule has 0 N–H and O–H groups in total. The van der Waals surface area contributed by atoms with Gasteiger partial charge >= 0.3 is 0 Å². The highest BCUT2D eigenvalue weighted by Gasteiger charge is 2.40. The Morgan fingerprint density at radius 3 is 2.87 bits per heavy atom. The number of carbonyl (C=O) groups excluding carboxylic acids is 1. The summed E-state index contributed by atoms with van der Waals surface area (Å²) in [7, 11) is 0. The Labute approximate surface area is 134 Å². The monoisotopic (exact) mass is 323 g/mol. The molecule has 3 fully saturated rings. The summed E-state index contributed by atoms with van der Waals surface area (Å²) in [4.78, 5) is 16.5. The number of carbonyl (C=O) groups is 1. The summed E-state index contributed by atoms with van der Waals surface area (Å²) in [6, 6.07) is -0.384. The number of aromatic nitrogens is 1. The molecule has 2 atom stereocenters. The molecular formula is C16H22FN3O3. The number of amides is 1. The fourth-order valence-electron chi connectivity index (χ4n) is 3.56. The van der Waals surface area contributed by atoms with Crippen molar-refractivity contribution in [1.29, 1.82) is 0 Å². The fraction of sp³-hybridized carbons (Fsp3) is 0.750. The number of hydrogen-bond donors (Lipinski definition) is 0. The maximum Gasteiger partial charge on any atom is 0.240 e. The van der Waals surface area contributed by atoms with E-state index in [2.05, 4.69) is 5.16 Å². The van der Waals surface area contributed by atoms with Crippen LogP contribution in [0.5, 0.6) is 0 Å². The van der Waals surface area contributed by atoms with Gasteiger partial charge in [-0.3, -0.25) is 9.69 Å². The molecule has 1 aromatic heterocycles. The average molecular weight is 323 g/mol. The van der Waals surface area contributed by atoms with Gasteiger partial charge in [-0.2, -0.15) is 0 Å². The van der Waals surface area contributed by atoms with Crippen LogP contribution in [0, 0.1) is 0 Å². The van der Waals surface area contributed by atoms with Gasteiger partial charge in [0, 0.05) is 44.1 Å². The number of ether oxygens (including phenoxy) is 1. The van der Waals surface area contributed by atoms with Crippen molar-refractivity contribution >= 4 is 5.91 Å². The second-order valence-corrected chi connectivity index (χ2v) is 6.71.